The van der Waals surface area contributed by atoms with Gasteiger partial charge >= 0.3 is 6.09 Å². The molecule has 11 nitrogen and oxygen atoms in total. The van der Waals surface area contributed by atoms with Gasteiger partial charge in [-0.1, -0.05) is 65.5 Å². The summed E-state index contributed by atoms with van der Waals surface area (Å²) in [4.78, 5) is 60.9. The molecule has 0 aromatic rings. The van der Waals surface area contributed by atoms with Gasteiger partial charge in [0, 0.05) is 57.6 Å². The number of fused-ring (bicyclic) bond motifs is 5. The lowest BCUT2D eigenvalue weighted by Gasteiger charge is -2.58. The van der Waals surface area contributed by atoms with E-state index in [2.05, 4.69) is 56.6 Å². The minimum absolute atomic E-state index is 0.0148. The van der Waals surface area contributed by atoms with Gasteiger partial charge in [0.05, 0.1) is 13.2 Å². The lowest BCUT2D eigenvalue weighted by Crippen LogP contribution is -2.51. The van der Waals surface area contributed by atoms with E-state index in [1.807, 2.05) is 0 Å². The molecule has 5 amide bonds. The molecule has 0 bridgehead atoms. The second kappa shape index (κ2) is 18.4. The van der Waals surface area contributed by atoms with Crippen LogP contribution < -0.4 is 16.0 Å². The molecule has 296 valence electrons. The lowest BCUT2D eigenvalue weighted by atomic mass is 9.47. The van der Waals surface area contributed by atoms with Crippen molar-refractivity contribution in [3.63, 3.8) is 0 Å². The number of amides is 5. The molecule has 0 radical (unpaired) electrons. The van der Waals surface area contributed by atoms with Crippen molar-refractivity contribution in [2.24, 2.45) is 46.3 Å². The topological polar surface area (TPSA) is 143 Å². The van der Waals surface area contributed by atoms with Crippen LogP contribution >= 0.6 is 0 Å². The highest BCUT2D eigenvalue weighted by Crippen LogP contribution is 2.67. The summed E-state index contributed by atoms with van der Waals surface area (Å²) in [5.74, 6) is 3.51. The number of carbonyl (C=O) groups is 5. The van der Waals surface area contributed by atoms with E-state index in [9.17, 15) is 24.0 Å². The normalized spacial score (nSPS) is 31.0. The fraction of sp³-hybridized carbons (Fsp3) is 0.786. The second-order valence-corrected chi connectivity index (χ2v) is 17.5. The molecule has 0 aromatic heterocycles. The smallest absolute Gasteiger partial charge is 0.407 e. The van der Waals surface area contributed by atoms with Gasteiger partial charge in [-0.3, -0.25) is 24.1 Å². The molecule has 0 saturated heterocycles. The predicted octanol–water partition coefficient (Wildman–Crippen LogP) is 6.08. The van der Waals surface area contributed by atoms with Gasteiger partial charge in [0.15, 0.2) is 0 Å². The molecule has 5 aliphatic rings. The standard InChI is InChI=1S/C42H66N4O7/c1-28(2)7-6-8-29(3)33-11-12-34-32-10-9-30-27-31(15-19-41(30,4)35(32)16-20-42(33,34)5)53-40(51)45-22-21-43-37(48)18-25-52-26-23-44-36(47)17-24-46-38(49)13-14-39(46)50/h9,13-14,28-29,31-35H,6-8,10-12,15-27H2,1-5H3,(H,43,48)(H,44,47)(H,45,51)/t29-,31+,32+,33-,34+,35+,41+,42-/m1/s1. The van der Waals surface area contributed by atoms with Crippen molar-refractivity contribution in [2.75, 3.05) is 39.4 Å². The van der Waals surface area contributed by atoms with Crippen LogP contribution in [-0.4, -0.2) is 80.1 Å². The first kappa shape index (κ1) is 41.0. The number of nitrogens with zero attached hydrogens (tertiary/aromatic N) is 1. The first-order valence-corrected chi connectivity index (χ1v) is 20.6. The van der Waals surface area contributed by atoms with E-state index in [4.69, 9.17) is 9.47 Å². The predicted molar refractivity (Wildman–Crippen MR) is 203 cm³/mol. The largest absolute Gasteiger partial charge is 0.446 e. The van der Waals surface area contributed by atoms with E-state index in [0.717, 1.165) is 59.7 Å². The van der Waals surface area contributed by atoms with Gasteiger partial charge in [0.25, 0.3) is 11.8 Å². The molecule has 11 heteroatoms. The minimum atomic E-state index is -0.434. The highest BCUT2D eigenvalue weighted by molar-refractivity contribution is 6.13. The van der Waals surface area contributed by atoms with Crippen LogP contribution in [0.25, 0.3) is 0 Å². The van der Waals surface area contributed by atoms with Crippen LogP contribution in [0.2, 0.25) is 0 Å². The minimum Gasteiger partial charge on any atom is -0.446 e. The molecule has 53 heavy (non-hydrogen) atoms. The maximum atomic E-state index is 12.7. The van der Waals surface area contributed by atoms with Gasteiger partial charge in [-0.05, 0) is 91.3 Å². The van der Waals surface area contributed by atoms with Crippen molar-refractivity contribution < 1.29 is 33.4 Å². The number of hydrogen-bond acceptors (Lipinski definition) is 7. The Morgan fingerprint density at radius 3 is 2.32 bits per heavy atom. The molecular weight excluding hydrogens is 672 g/mol. The number of carbonyl (C=O) groups excluding carboxylic acids is 5. The number of alkyl carbamates (subject to hydrolysis) is 1. The average Bonchev–Trinajstić information content (AvgIpc) is 3.64. The molecular formula is C42H66N4O7. The van der Waals surface area contributed by atoms with Gasteiger partial charge in [-0.25, -0.2) is 4.79 Å². The van der Waals surface area contributed by atoms with Crippen molar-refractivity contribution >= 4 is 29.7 Å². The van der Waals surface area contributed by atoms with E-state index in [1.165, 1.54) is 69.1 Å². The first-order chi connectivity index (χ1) is 25.3. The van der Waals surface area contributed by atoms with Crippen LogP contribution in [0.3, 0.4) is 0 Å². The summed E-state index contributed by atoms with van der Waals surface area (Å²) >= 11 is 0. The highest BCUT2D eigenvalue weighted by atomic mass is 16.6. The molecule has 5 rings (SSSR count). The Kier molecular flexibility index (Phi) is 14.2. The highest BCUT2D eigenvalue weighted by Gasteiger charge is 2.59. The monoisotopic (exact) mass is 738 g/mol. The summed E-state index contributed by atoms with van der Waals surface area (Å²) in [6.45, 7) is 13.7. The molecule has 1 aliphatic heterocycles. The van der Waals surface area contributed by atoms with Crippen LogP contribution in [0.1, 0.15) is 118 Å². The van der Waals surface area contributed by atoms with Gasteiger partial charge in [-0.2, -0.15) is 0 Å². The van der Waals surface area contributed by atoms with Crippen LogP contribution in [0, 0.1) is 46.3 Å². The summed E-state index contributed by atoms with van der Waals surface area (Å²) in [5.41, 5.74) is 2.19. The zero-order valence-electron chi connectivity index (χ0n) is 33.0. The Hall–Kier alpha value is -3.21. The van der Waals surface area contributed by atoms with Crippen molar-refractivity contribution in [1.82, 2.24) is 20.9 Å². The lowest BCUT2D eigenvalue weighted by molar-refractivity contribution is -0.137. The molecule has 3 N–H and O–H groups in total. The molecule has 0 spiro atoms. The maximum Gasteiger partial charge on any atom is 0.407 e. The average molecular weight is 739 g/mol. The fourth-order valence-electron chi connectivity index (χ4n) is 10.9. The van der Waals surface area contributed by atoms with Crippen molar-refractivity contribution in [2.45, 2.75) is 124 Å². The zero-order chi connectivity index (χ0) is 38.2. The third-order valence-electron chi connectivity index (χ3n) is 13.8. The van der Waals surface area contributed by atoms with E-state index >= 15 is 0 Å². The van der Waals surface area contributed by atoms with Crippen molar-refractivity contribution in [1.29, 1.82) is 0 Å². The van der Waals surface area contributed by atoms with Crippen LogP contribution in [-0.2, 0) is 28.7 Å². The van der Waals surface area contributed by atoms with E-state index < -0.39 is 17.9 Å². The summed E-state index contributed by atoms with van der Waals surface area (Å²) in [5, 5.41) is 8.23. The van der Waals surface area contributed by atoms with Gasteiger partial charge in [0.1, 0.15) is 6.10 Å². The zero-order valence-corrected chi connectivity index (χ0v) is 33.0. The molecule has 3 saturated carbocycles. The van der Waals surface area contributed by atoms with E-state index in [1.54, 1.807) is 0 Å². The Morgan fingerprint density at radius 2 is 1.57 bits per heavy atom. The second-order valence-electron chi connectivity index (χ2n) is 17.5. The Morgan fingerprint density at radius 1 is 0.849 bits per heavy atom. The summed E-state index contributed by atoms with van der Waals surface area (Å²) < 4.78 is 11.3. The number of allylic oxidation sites excluding steroid dienone is 1. The molecule has 0 unspecified atom stereocenters. The third-order valence-corrected chi connectivity index (χ3v) is 13.8. The van der Waals surface area contributed by atoms with Crippen LogP contribution in [0.15, 0.2) is 23.8 Å². The van der Waals surface area contributed by atoms with Crippen molar-refractivity contribution in [3.8, 4) is 0 Å². The molecule has 0 aromatic carbocycles. The van der Waals surface area contributed by atoms with Crippen molar-refractivity contribution in [3.05, 3.63) is 23.8 Å². The fourth-order valence-corrected chi connectivity index (χ4v) is 10.9. The summed E-state index contributed by atoms with van der Waals surface area (Å²) in [6.07, 6.45) is 18.1. The number of ether oxygens (including phenoxy) is 2. The first-order valence-electron chi connectivity index (χ1n) is 20.6. The van der Waals surface area contributed by atoms with Gasteiger partial charge in [-0.15, -0.1) is 0 Å². The Balaban J connectivity index is 0.937. The summed E-state index contributed by atoms with van der Waals surface area (Å²) in [7, 11) is 0. The third kappa shape index (κ3) is 10.1. The quantitative estimate of drug-likeness (QED) is 0.0880. The van der Waals surface area contributed by atoms with Gasteiger partial charge < -0.3 is 25.4 Å². The maximum absolute atomic E-state index is 12.7. The molecule has 3 fully saturated rings. The van der Waals surface area contributed by atoms with Crippen LogP contribution in [0.5, 0.6) is 0 Å². The number of imide groups is 1. The number of rotatable bonds is 18. The van der Waals surface area contributed by atoms with Crippen LogP contribution in [0.4, 0.5) is 4.79 Å². The summed E-state index contributed by atoms with van der Waals surface area (Å²) in [6, 6.07) is 0. The van der Waals surface area contributed by atoms with E-state index in [0.29, 0.717) is 5.41 Å². The Bertz CT molecular complexity index is 1380. The SMILES string of the molecule is CC(C)CCC[C@@H](C)[C@H]1CC[C@H]2[C@@H]3CC=C4C[C@@H](OC(=O)NCCNC(=O)CCOCCNC(=O)CCN5C(=O)C=CC5=O)CC[C@]4(C)[C@H]3CC[C@]12C. The number of nitrogens with one attached hydrogen (secondary N) is 3. The molecule has 4 aliphatic carbocycles. The van der Waals surface area contributed by atoms with E-state index in [-0.39, 0.29) is 75.6 Å². The molecule has 8 atom stereocenters. The molecule has 1 heterocycles. The Labute approximate surface area is 317 Å². The number of hydrogen-bond donors (Lipinski definition) is 3. The van der Waals surface area contributed by atoms with Gasteiger partial charge in [0.2, 0.25) is 11.8 Å².